The van der Waals surface area contributed by atoms with E-state index >= 15 is 0 Å². The maximum Gasteiger partial charge on any atom is 0.284 e. The van der Waals surface area contributed by atoms with E-state index in [9.17, 15) is 28.6 Å². The van der Waals surface area contributed by atoms with Crippen molar-refractivity contribution >= 4 is 44.7 Å². The summed E-state index contributed by atoms with van der Waals surface area (Å²) >= 11 is 2.01. The minimum absolute atomic E-state index is 0.199. The number of aliphatic hydroxyl groups excluding tert-OH is 2. The first-order valence-electron chi connectivity index (χ1n) is 8.01. The highest BCUT2D eigenvalue weighted by molar-refractivity contribution is 7.99. The zero-order valence-electron chi connectivity index (χ0n) is 14.8. The van der Waals surface area contributed by atoms with E-state index in [0.717, 1.165) is 35.7 Å². The van der Waals surface area contributed by atoms with Crippen LogP contribution in [0.4, 0.5) is 11.4 Å². The Bertz CT molecular complexity index is 951. The van der Waals surface area contributed by atoms with Gasteiger partial charge < -0.3 is 10.2 Å². The van der Waals surface area contributed by atoms with Crippen LogP contribution in [0.5, 0.6) is 0 Å². The number of benzene rings is 2. The molecular formula is C16H16N2O8S3. The third-order valence-corrected chi connectivity index (χ3v) is 7.41. The van der Waals surface area contributed by atoms with Crippen LogP contribution in [-0.4, -0.2) is 53.2 Å². The molecule has 10 nitrogen and oxygen atoms in total. The smallest absolute Gasteiger partial charge is 0.284 e. The fourth-order valence-electron chi connectivity index (χ4n) is 2.31. The molecule has 0 aliphatic rings. The summed E-state index contributed by atoms with van der Waals surface area (Å²) in [5.41, 5.74) is -0.872. The molecule has 0 saturated carbocycles. The van der Waals surface area contributed by atoms with Crippen LogP contribution in [0.1, 0.15) is 0 Å². The first kappa shape index (κ1) is 23.1. The van der Waals surface area contributed by atoms with Crippen molar-refractivity contribution in [3.8, 4) is 0 Å². The van der Waals surface area contributed by atoms with Gasteiger partial charge in [-0.3, -0.25) is 20.2 Å². The molecular weight excluding hydrogens is 444 g/mol. The molecule has 0 amide bonds. The third kappa shape index (κ3) is 5.45. The molecule has 0 spiro atoms. The number of rotatable bonds is 10. The lowest BCUT2D eigenvalue weighted by atomic mass is 10.3. The minimum Gasteiger partial charge on any atom is -0.396 e. The summed E-state index contributed by atoms with van der Waals surface area (Å²) in [5.74, 6) is 0.401. The minimum atomic E-state index is -4.25. The summed E-state index contributed by atoms with van der Waals surface area (Å²) in [5, 5.41) is 40.4. The molecule has 2 rings (SSSR count). The van der Waals surface area contributed by atoms with Crippen molar-refractivity contribution in [2.45, 2.75) is 19.6 Å². The van der Waals surface area contributed by atoms with Gasteiger partial charge in [0.1, 0.15) is 0 Å². The summed E-state index contributed by atoms with van der Waals surface area (Å²) in [7, 11) is -4.25. The summed E-state index contributed by atoms with van der Waals surface area (Å²) < 4.78 is 25.8. The second kappa shape index (κ2) is 10.0. The number of sulfone groups is 1. The van der Waals surface area contributed by atoms with Gasteiger partial charge in [0.2, 0.25) is 9.84 Å². The van der Waals surface area contributed by atoms with Gasteiger partial charge in [0.05, 0.1) is 42.6 Å². The molecule has 0 bridgehead atoms. The molecule has 0 unspecified atom stereocenters. The SMILES string of the molecule is O=[N+]([O-])c1cc(S(=O)(=O)c2ccc(SCCO)c([N+](=O)[O-])c2)ccc1SCCO. The van der Waals surface area contributed by atoms with Gasteiger partial charge in [-0.15, -0.1) is 23.5 Å². The Morgan fingerprint density at radius 1 is 0.793 bits per heavy atom. The highest BCUT2D eigenvalue weighted by Gasteiger charge is 2.26. The third-order valence-electron chi connectivity index (χ3n) is 3.57. The van der Waals surface area contributed by atoms with Crippen LogP contribution in [-0.2, 0) is 9.84 Å². The Hall–Kier alpha value is -2.19. The molecule has 2 aromatic carbocycles. The van der Waals surface area contributed by atoms with Gasteiger partial charge in [-0.25, -0.2) is 8.42 Å². The number of hydrogen-bond acceptors (Lipinski definition) is 10. The van der Waals surface area contributed by atoms with E-state index in [4.69, 9.17) is 10.2 Å². The van der Waals surface area contributed by atoms with Crippen molar-refractivity contribution in [1.82, 2.24) is 0 Å². The van der Waals surface area contributed by atoms with E-state index in [1.165, 1.54) is 24.3 Å². The molecule has 0 saturated heterocycles. The number of nitro benzene ring substituents is 2. The average Bonchev–Trinajstić information content (AvgIpc) is 2.70. The number of aliphatic hydroxyl groups is 2. The predicted octanol–water partition coefficient (Wildman–Crippen LogP) is 2.50. The number of hydrogen-bond donors (Lipinski definition) is 2. The Morgan fingerprint density at radius 2 is 1.17 bits per heavy atom. The lowest BCUT2D eigenvalue weighted by Gasteiger charge is -2.08. The monoisotopic (exact) mass is 460 g/mol. The van der Waals surface area contributed by atoms with E-state index in [2.05, 4.69) is 0 Å². The van der Waals surface area contributed by atoms with E-state index in [1.807, 2.05) is 0 Å². The molecule has 156 valence electrons. The number of thioether (sulfide) groups is 2. The second-order valence-corrected chi connectivity index (χ2v) is 9.64. The normalized spacial score (nSPS) is 11.4. The van der Waals surface area contributed by atoms with Crippen LogP contribution in [0.2, 0.25) is 0 Å². The molecule has 2 aromatic rings. The molecule has 2 N–H and O–H groups in total. The van der Waals surface area contributed by atoms with Crippen LogP contribution < -0.4 is 0 Å². The van der Waals surface area contributed by atoms with Crippen molar-refractivity contribution in [2.75, 3.05) is 24.7 Å². The van der Waals surface area contributed by atoms with Crippen LogP contribution in [0.15, 0.2) is 56.0 Å². The molecule has 0 aromatic heterocycles. The van der Waals surface area contributed by atoms with Gasteiger partial charge in [0.25, 0.3) is 11.4 Å². The molecule has 29 heavy (non-hydrogen) atoms. The van der Waals surface area contributed by atoms with Gasteiger partial charge in [-0.2, -0.15) is 0 Å². The van der Waals surface area contributed by atoms with Crippen LogP contribution in [0, 0.1) is 20.2 Å². The Kier molecular flexibility index (Phi) is 7.98. The first-order valence-corrected chi connectivity index (χ1v) is 11.5. The molecule has 0 heterocycles. The Balaban J connectivity index is 2.52. The molecule has 0 fully saturated rings. The van der Waals surface area contributed by atoms with Gasteiger partial charge >= 0.3 is 0 Å². The topological polar surface area (TPSA) is 161 Å². The first-order chi connectivity index (χ1) is 13.7. The lowest BCUT2D eigenvalue weighted by Crippen LogP contribution is -2.05. The van der Waals surface area contributed by atoms with Crippen LogP contribution in [0.25, 0.3) is 0 Å². The molecule has 0 aliphatic heterocycles. The largest absolute Gasteiger partial charge is 0.396 e. The van der Waals surface area contributed by atoms with E-state index in [1.54, 1.807) is 0 Å². The molecule has 0 radical (unpaired) electrons. The second-order valence-electron chi connectivity index (χ2n) is 5.42. The summed E-state index contributed by atoms with van der Waals surface area (Å²) in [4.78, 5) is 20.8. The van der Waals surface area contributed by atoms with E-state index in [-0.39, 0.29) is 44.3 Å². The fraction of sp³-hybridized carbons (Fsp3) is 0.250. The maximum absolute atomic E-state index is 12.9. The van der Waals surface area contributed by atoms with Crippen molar-refractivity contribution < 1.29 is 28.5 Å². The maximum atomic E-state index is 12.9. The average molecular weight is 461 g/mol. The molecule has 13 heteroatoms. The van der Waals surface area contributed by atoms with Crippen molar-refractivity contribution in [1.29, 1.82) is 0 Å². The summed E-state index contributed by atoms with van der Waals surface area (Å²) in [6.07, 6.45) is 0. The predicted molar refractivity (Wildman–Crippen MR) is 107 cm³/mol. The van der Waals surface area contributed by atoms with Crippen molar-refractivity contribution in [3.05, 3.63) is 56.6 Å². The van der Waals surface area contributed by atoms with Gasteiger partial charge in [-0.1, -0.05) is 0 Å². The van der Waals surface area contributed by atoms with Gasteiger partial charge in [0.15, 0.2) is 0 Å². The highest BCUT2D eigenvalue weighted by atomic mass is 32.2. The van der Waals surface area contributed by atoms with Gasteiger partial charge in [-0.05, 0) is 24.3 Å². The summed E-state index contributed by atoms with van der Waals surface area (Å²) in [6.45, 7) is -0.404. The highest BCUT2D eigenvalue weighted by Crippen LogP contribution is 2.36. The Morgan fingerprint density at radius 3 is 1.48 bits per heavy atom. The van der Waals surface area contributed by atoms with E-state index in [0.29, 0.717) is 0 Å². The Labute approximate surface area is 174 Å². The van der Waals surface area contributed by atoms with E-state index < -0.39 is 31.1 Å². The zero-order valence-corrected chi connectivity index (χ0v) is 17.2. The van der Waals surface area contributed by atoms with Crippen molar-refractivity contribution in [3.63, 3.8) is 0 Å². The molecule has 0 aliphatic carbocycles. The van der Waals surface area contributed by atoms with Crippen LogP contribution >= 0.6 is 23.5 Å². The van der Waals surface area contributed by atoms with Crippen molar-refractivity contribution in [2.24, 2.45) is 0 Å². The standard InChI is InChI=1S/C16H16N2O8S3/c19-5-7-27-15-3-1-11(9-13(15)17(21)22)29(25,26)12-2-4-16(28-8-6-20)14(10-12)18(23)24/h1-4,9-10,19-20H,5-8H2. The summed E-state index contributed by atoms with van der Waals surface area (Å²) in [6, 6.07) is 6.70. The van der Waals surface area contributed by atoms with Crippen LogP contribution in [0.3, 0.4) is 0 Å². The quantitative estimate of drug-likeness (QED) is 0.306. The fourth-order valence-corrected chi connectivity index (χ4v) is 5.12. The number of nitrogens with zero attached hydrogens (tertiary/aromatic N) is 2. The lowest BCUT2D eigenvalue weighted by molar-refractivity contribution is -0.388. The van der Waals surface area contributed by atoms with Gasteiger partial charge in [0, 0.05) is 23.6 Å². The molecule has 0 atom stereocenters. The zero-order chi connectivity index (χ0) is 21.6. The number of nitro groups is 2.